The summed E-state index contributed by atoms with van der Waals surface area (Å²) in [6.45, 7) is 11.5. The Morgan fingerprint density at radius 2 is 1.64 bits per heavy atom. The molecule has 0 N–H and O–H groups in total. The van der Waals surface area contributed by atoms with Gasteiger partial charge in [-0.2, -0.15) is 12.8 Å². The summed E-state index contributed by atoms with van der Waals surface area (Å²) in [6, 6.07) is 0. The summed E-state index contributed by atoms with van der Waals surface area (Å²) in [6.07, 6.45) is 9.81. The Hall–Kier alpha value is 2.90. The van der Waals surface area contributed by atoms with Crippen LogP contribution < -0.4 is 0 Å². The van der Waals surface area contributed by atoms with Gasteiger partial charge in [0, 0.05) is 32.7 Å². The molecule has 0 amide bonds. The fraction of sp³-hybridized carbons (Fsp3) is 0.545. The largest absolute Gasteiger partial charge is 3.00 e. The Morgan fingerprint density at radius 1 is 1.07 bits per heavy atom. The molecule has 0 saturated heterocycles. The van der Waals surface area contributed by atoms with Gasteiger partial charge in [-0.3, -0.25) is 0 Å². The molecule has 1 atom stereocenters. The van der Waals surface area contributed by atoms with Crippen LogP contribution in [0.4, 0.5) is 0 Å². The van der Waals surface area contributed by atoms with Gasteiger partial charge in [-0.1, -0.05) is 0 Å². The molecule has 0 aromatic rings. The van der Waals surface area contributed by atoms with Crippen LogP contribution in [0.25, 0.3) is 0 Å². The Kier molecular flexibility index (Phi) is 38.9. The molecule has 0 nitrogen and oxygen atoms in total. The fourth-order valence-electron chi connectivity index (χ4n) is 1.02. The molecular weight excluding hydrogens is 494 g/mol. The van der Waals surface area contributed by atoms with Crippen molar-refractivity contribution in [2.24, 2.45) is 5.92 Å². The third-order valence-electron chi connectivity index (χ3n) is 1.73. The van der Waals surface area contributed by atoms with E-state index < -0.39 is 0 Å². The Bertz CT molecular complexity index is 79.7. The quantitative estimate of drug-likeness (QED) is 0.362. The molecule has 14 heavy (non-hydrogen) atoms. The van der Waals surface area contributed by atoms with Gasteiger partial charge in [0.25, 0.3) is 0 Å². The first-order valence-electron chi connectivity index (χ1n) is 4.39. The van der Waals surface area contributed by atoms with Crippen molar-refractivity contribution in [3.05, 3.63) is 33.6 Å². The first kappa shape index (κ1) is 25.7. The molecular formula is C11H19WY2. The molecule has 0 aliphatic carbocycles. The predicted octanol–water partition coefficient (Wildman–Crippen LogP) is 3.46. The van der Waals surface area contributed by atoms with Crippen LogP contribution in [0.15, 0.2) is 0 Å². The van der Waals surface area contributed by atoms with Crippen LogP contribution in [-0.4, -0.2) is 0 Å². The van der Waals surface area contributed by atoms with Crippen molar-refractivity contribution in [1.82, 2.24) is 0 Å². The molecule has 1 radical (unpaired) electrons. The monoisotopic (exact) mass is 513 g/mol. The normalized spacial score (nSPS) is 10.5. The van der Waals surface area contributed by atoms with Crippen molar-refractivity contribution < 1.29 is 86.5 Å². The third kappa shape index (κ3) is 17.3. The second-order valence-electron chi connectivity index (χ2n) is 2.71. The summed E-state index contributed by atoms with van der Waals surface area (Å²) in [7, 11) is 0. The Balaban J connectivity index is -0.000000167. The summed E-state index contributed by atoms with van der Waals surface area (Å²) in [5.74, 6) is 0.569. The van der Waals surface area contributed by atoms with E-state index in [2.05, 4.69) is 33.6 Å². The molecule has 0 aliphatic rings. The van der Waals surface area contributed by atoms with Gasteiger partial charge in [0.2, 0.25) is 0 Å². The summed E-state index contributed by atoms with van der Waals surface area (Å²) in [5, 5.41) is 0. The molecule has 0 rings (SSSR count). The molecule has 0 saturated carbocycles. The molecule has 0 fully saturated rings. The minimum Gasteiger partial charge on any atom is -0.386 e. The Morgan fingerprint density at radius 3 is 2.00 bits per heavy atom. The van der Waals surface area contributed by atoms with E-state index in [4.69, 9.17) is 0 Å². The van der Waals surface area contributed by atoms with E-state index in [1.54, 1.807) is 0 Å². The van der Waals surface area contributed by atoms with Gasteiger partial charge in [-0.15, -0.1) is 6.42 Å². The van der Waals surface area contributed by atoms with Crippen molar-refractivity contribution in [2.75, 3.05) is 0 Å². The van der Waals surface area contributed by atoms with Crippen molar-refractivity contribution >= 4 is 0 Å². The van der Waals surface area contributed by atoms with Gasteiger partial charge in [0.05, 0.1) is 0 Å². The van der Waals surface area contributed by atoms with E-state index in [-0.39, 0.29) is 86.5 Å². The molecule has 75 valence electrons. The van der Waals surface area contributed by atoms with Crippen LogP contribution in [0.2, 0.25) is 0 Å². The zero-order chi connectivity index (χ0) is 8.53. The average Bonchev–Trinajstić information content (AvgIpc) is 2.03. The molecule has 0 spiro atoms. The molecule has 0 heterocycles. The van der Waals surface area contributed by atoms with Gasteiger partial charge in [0.15, 0.2) is 0 Å². The third-order valence-corrected chi connectivity index (χ3v) is 1.73. The van der Waals surface area contributed by atoms with Crippen LogP contribution >= 0.6 is 0 Å². The average molecular weight is 513 g/mol. The maximum absolute atomic E-state index is 3.88. The van der Waals surface area contributed by atoms with E-state index in [0.717, 1.165) is 19.3 Å². The van der Waals surface area contributed by atoms with Crippen LogP contribution in [0, 0.1) is 39.5 Å². The van der Waals surface area contributed by atoms with Gasteiger partial charge >= 0.3 is 53.8 Å². The van der Waals surface area contributed by atoms with E-state index in [0.29, 0.717) is 5.92 Å². The van der Waals surface area contributed by atoms with Crippen molar-refractivity contribution in [1.29, 1.82) is 0 Å². The maximum atomic E-state index is 3.88. The fourth-order valence-corrected chi connectivity index (χ4v) is 1.02. The van der Waals surface area contributed by atoms with E-state index >= 15 is 0 Å². The van der Waals surface area contributed by atoms with Crippen LogP contribution in [0.3, 0.4) is 0 Å². The molecule has 1 unspecified atom stereocenters. The molecule has 0 aromatic carbocycles. The molecule has 0 aliphatic heterocycles. The second-order valence-corrected chi connectivity index (χ2v) is 2.71. The Labute approximate surface area is 156 Å². The first-order valence-corrected chi connectivity index (χ1v) is 4.39. The van der Waals surface area contributed by atoms with Crippen molar-refractivity contribution in [2.45, 2.75) is 32.1 Å². The van der Waals surface area contributed by atoms with E-state index in [1.165, 1.54) is 12.8 Å². The first-order chi connectivity index (χ1) is 5.35. The summed E-state index contributed by atoms with van der Waals surface area (Å²) < 4.78 is 0. The number of rotatable bonds is 7. The maximum Gasteiger partial charge on any atom is 3.00 e. The van der Waals surface area contributed by atoms with Gasteiger partial charge < -0.3 is 46.0 Å². The van der Waals surface area contributed by atoms with Crippen LogP contribution in [-0.2, 0) is 86.5 Å². The van der Waals surface area contributed by atoms with Gasteiger partial charge in [-0.25, -0.2) is 6.42 Å². The summed E-state index contributed by atoms with van der Waals surface area (Å²) in [4.78, 5) is 0. The number of hydrogen-bond acceptors (Lipinski definition) is 0. The summed E-state index contributed by atoms with van der Waals surface area (Å²) in [5.41, 5.74) is 0. The van der Waals surface area contributed by atoms with E-state index in [1.807, 2.05) is 0 Å². The van der Waals surface area contributed by atoms with E-state index in [9.17, 15) is 0 Å². The minimum absolute atomic E-state index is 0. The van der Waals surface area contributed by atoms with Crippen LogP contribution in [0.5, 0.6) is 0 Å². The SMILES string of the molecule is [CH2-]C[CH-]C([CH-]CCC[CH2-])C[CH2-].[W+2].[Y+3].[Y]. The molecule has 0 aromatic heterocycles. The zero-order valence-corrected chi connectivity index (χ0v) is 17.6. The van der Waals surface area contributed by atoms with Crippen LogP contribution in [0.1, 0.15) is 32.1 Å². The van der Waals surface area contributed by atoms with Crippen molar-refractivity contribution in [3.63, 3.8) is 0 Å². The van der Waals surface area contributed by atoms with Gasteiger partial charge in [-0.05, 0) is 0 Å². The molecule has 3 heteroatoms. The summed E-state index contributed by atoms with van der Waals surface area (Å²) >= 11 is 0. The zero-order valence-electron chi connectivity index (χ0n) is 8.95. The smallest absolute Gasteiger partial charge is 0.386 e. The second kappa shape index (κ2) is 21.2. The molecule has 0 bridgehead atoms. The topological polar surface area (TPSA) is 0 Å². The van der Waals surface area contributed by atoms with Crippen molar-refractivity contribution in [3.8, 4) is 0 Å². The number of unbranched alkanes of at least 4 members (excludes halogenated alkanes) is 2. The minimum atomic E-state index is 0. The number of hydrogen-bond donors (Lipinski definition) is 0. The van der Waals surface area contributed by atoms with Gasteiger partial charge in [0.1, 0.15) is 0 Å². The predicted molar refractivity (Wildman–Crippen MR) is 51.2 cm³/mol. The standard InChI is InChI=1S/C11H19.W.2Y/c1-4-7-8-10-11(6-3)9-5-2;;;/h9-11H,1-8H2;;;/q-5;+2;;+3.